The number of hydrogen-bond donors (Lipinski definition) is 6. The van der Waals surface area contributed by atoms with E-state index in [1.54, 1.807) is 0 Å². The van der Waals surface area contributed by atoms with Crippen molar-refractivity contribution in [1.29, 1.82) is 0 Å². The second-order valence-corrected chi connectivity index (χ2v) is 11.8. The molecule has 15 nitrogen and oxygen atoms in total. The summed E-state index contributed by atoms with van der Waals surface area (Å²) in [7, 11) is 1.30. The molecule has 0 amide bonds. The van der Waals surface area contributed by atoms with Gasteiger partial charge in [0.15, 0.2) is 17.9 Å². The van der Waals surface area contributed by atoms with Gasteiger partial charge in [-0.1, -0.05) is 12.1 Å². The summed E-state index contributed by atoms with van der Waals surface area (Å²) in [4.78, 5) is 63.9. The minimum Gasteiger partial charge on any atom is -0.507 e. The van der Waals surface area contributed by atoms with Gasteiger partial charge in [-0.2, -0.15) is 0 Å². The third-order valence-electron chi connectivity index (χ3n) is 9.05. The number of cyclic esters (lactones) is 2. The van der Waals surface area contributed by atoms with Crippen LogP contribution in [-0.2, 0) is 35.0 Å². The first-order valence-electron chi connectivity index (χ1n) is 14.5. The number of fused-ring (bicyclic) bond motifs is 3. The van der Waals surface area contributed by atoms with E-state index in [2.05, 4.69) is 10.1 Å². The second kappa shape index (κ2) is 11.5. The number of carbonyl (C=O) groups is 5. The molecule has 0 spiro atoms. The van der Waals surface area contributed by atoms with Gasteiger partial charge in [0.25, 0.3) is 0 Å². The van der Waals surface area contributed by atoms with Crippen LogP contribution in [0.1, 0.15) is 75.3 Å². The molecule has 0 bridgehead atoms. The van der Waals surface area contributed by atoms with Crippen LogP contribution < -0.4 is 10.1 Å². The molecule has 46 heavy (non-hydrogen) atoms. The molecule has 244 valence electrons. The summed E-state index contributed by atoms with van der Waals surface area (Å²) in [6.07, 6.45) is -6.36. The van der Waals surface area contributed by atoms with E-state index in [4.69, 9.17) is 14.2 Å². The Morgan fingerprint density at radius 1 is 1.09 bits per heavy atom. The number of phenols is 2. The number of methoxy groups -OCH3 is 1. The summed E-state index contributed by atoms with van der Waals surface area (Å²) in [5.74, 6) is -5.64. The zero-order chi connectivity index (χ0) is 33.2. The number of phenolic OH excluding ortho intramolecular Hbond substituents is 2. The molecule has 2 saturated heterocycles. The first kappa shape index (κ1) is 31.7. The average Bonchev–Trinajstić information content (AvgIpc) is 3.34. The van der Waals surface area contributed by atoms with Gasteiger partial charge in [0.2, 0.25) is 5.78 Å². The normalized spacial score (nSPS) is 30.4. The van der Waals surface area contributed by atoms with E-state index >= 15 is 0 Å². The van der Waals surface area contributed by atoms with Gasteiger partial charge >= 0.3 is 11.9 Å². The Labute approximate surface area is 260 Å². The molecule has 6 rings (SSSR count). The predicted molar refractivity (Wildman–Crippen MR) is 150 cm³/mol. The highest BCUT2D eigenvalue weighted by Gasteiger charge is 2.50. The molecule has 2 aliphatic carbocycles. The maximum atomic E-state index is 13.8. The number of carbonyl (C=O) groups excluding carboxylic acids is 5. The van der Waals surface area contributed by atoms with E-state index in [1.807, 2.05) is 0 Å². The molecule has 7 atom stereocenters. The number of ketones is 3. The van der Waals surface area contributed by atoms with Crippen molar-refractivity contribution in [1.82, 2.24) is 5.32 Å². The molecule has 2 aromatic carbocycles. The van der Waals surface area contributed by atoms with E-state index in [1.165, 1.54) is 32.2 Å². The quantitative estimate of drug-likeness (QED) is 0.108. The van der Waals surface area contributed by atoms with Crippen molar-refractivity contribution in [2.45, 2.75) is 74.9 Å². The number of Topliss-reactive ketones (excluding diaryl/α,β-unsaturated/α-hetero) is 1. The van der Waals surface area contributed by atoms with Crippen LogP contribution in [0.25, 0.3) is 0 Å². The smallest absolute Gasteiger partial charge is 0.331 e. The first-order valence-corrected chi connectivity index (χ1v) is 14.5. The number of benzene rings is 2. The Hall–Kier alpha value is -4.25. The Morgan fingerprint density at radius 2 is 1.80 bits per heavy atom. The van der Waals surface area contributed by atoms with Gasteiger partial charge in [-0.15, -0.1) is 0 Å². The monoisotopic (exact) mass is 641 g/mol. The topological polar surface area (TPSA) is 235 Å². The van der Waals surface area contributed by atoms with Crippen molar-refractivity contribution < 1.29 is 68.5 Å². The van der Waals surface area contributed by atoms with E-state index in [0.717, 1.165) is 0 Å². The third kappa shape index (κ3) is 4.96. The Bertz CT molecular complexity index is 1690. The highest BCUT2D eigenvalue weighted by atomic mass is 16.7. The molecule has 4 aliphatic rings. The molecule has 2 aliphatic heterocycles. The van der Waals surface area contributed by atoms with Crippen LogP contribution in [0, 0.1) is 0 Å². The molecule has 2 heterocycles. The van der Waals surface area contributed by atoms with Crippen molar-refractivity contribution in [3.8, 4) is 17.2 Å². The van der Waals surface area contributed by atoms with Crippen LogP contribution >= 0.6 is 0 Å². The maximum absolute atomic E-state index is 13.8. The number of aliphatic hydroxyl groups is 3. The summed E-state index contributed by atoms with van der Waals surface area (Å²) < 4.78 is 21.8. The molecular formula is C31H31NO14. The van der Waals surface area contributed by atoms with Crippen molar-refractivity contribution in [2.24, 2.45) is 0 Å². The van der Waals surface area contributed by atoms with Crippen LogP contribution in [0.4, 0.5) is 0 Å². The Kier molecular flexibility index (Phi) is 7.95. The van der Waals surface area contributed by atoms with E-state index < -0.39 is 114 Å². The van der Waals surface area contributed by atoms with Gasteiger partial charge in [-0.25, -0.2) is 4.79 Å². The van der Waals surface area contributed by atoms with Crippen LogP contribution in [0.3, 0.4) is 0 Å². The van der Waals surface area contributed by atoms with Gasteiger partial charge < -0.3 is 44.5 Å². The number of hydrogen-bond acceptors (Lipinski definition) is 15. The Morgan fingerprint density at radius 3 is 2.46 bits per heavy atom. The highest BCUT2D eigenvalue weighted by Crippen LogP contribution is 2.52. The lowest BCUT2D eigenvalue weighted by Gasteiger charge is -2.43. The summed E-state index contributed by atoms with van der Waals surface area (Å²) >= 11 is 0. The number of rotatable bonds is 7. The van der Waals surface area contributed by atoms with Crippen LogP contribution in [-0.4, -0.2) is 105 Å². The fraction of sp³-hybridized carbons (Fsp3) is 0.452. The molecule has 2 aromatic rings. The first-order chi connectivity index (χ1) is 21.8. The van der Waals surface area contributed by atoms with Crippen molar-refractivity contribution in [3.63, 3.8) is 0 Å². The fourth-order valence-corrected chi connectivity index (χ4v) is 6.74. The third-order valence-corrected chi connectivity index (χ3v) is 9.05. The van der Waals surface area contributed by atoms with E-state index in [0.29, 0.717) is 0 Å². The number of nitrogens with one attached hydrogen (secondary N) is 1. The second-order valence-electron chi connectivity index (χ2n) is 11.8. The molecule has 6 N–H and O–H groups in total. The summed E-state index contributed by atoms with van der Waals surface area (Å²) in [5, 5.41) is 57.8. The molecular weight excluding hydrogens is 610 g/mol. The maximum Gasteiger partial charge on any atom is 0.331 e. The molecule has 0 saturated carbocycles. The van der Waals surface area contributed by atoms with E-state index in [9.17, 15) is 49.5 Å². The van der Waals surface area contributed by atoms with E-state index in [-0.39, 0.29) is 40.8 Å². The lowest BCUT2D eigenvalue weighted by molar-refractivity contribution is -0.250. The number of ether oxygens (including phenoxy) is 4. The average molecular weight is 642 g/mol. The minimum atomic E-state index is -2.33. The molecule has 0 aromatic heterocycles. The largest absolute Gasteiger partial charge is 0.507 e. The minimum absolute atomic E-state index is 0.0587. The van der Waals surface area contributed by atoms with Gasteiger partial charge in [0, 0.05) is 42.0 Å². The summed E-state index contributed by atoms with van der Waals surface area (Å²) in [5.41, 5.74) is -4.06. The lowest BCUT2D eigenvalue weighted by Crippen LogP contribution is -2.57. The summed E-state index contributed by atoms with van der Waals surface area (Å²) in [6.45, 7) is 0.439. The van der Waals surface area contributed by atoms with Crippen LogP contribution in [0.5, 0.6) is 17.2 Å². The predicted octanol–water partition coefficient (Wildman–Crippen LogP) is -0.526. The van der Waals surface area contributed by atoms with Crippen molar-refractivity contribution >= 4 is 29.3 Å². The van der Waals surface area contributed by atoms with Gasteiger partial charge in [0.1, 0.15) is 35.5 Å². The standard InChI is InChI=1S/C31H31NO14/c1-11-25(36)14(32-15-6-19(35)46-30(15)41)7-20(44-11)45-17-9-31(42,18(34)10-33)8-13-22(17)29(40)24-23(27(13)38)26(37)12-4-3-5-16(43-2)21(12)28(24)39/h3-5,11,14-15,17,20,25,32-33,36,38,40,42H,6-10H2,1-2H3/t11?,14?,15?,17-,20?,25?,31-/m0/s1. The van der Waals surface area contributed by atoms with Gasteiger partial charge in [-0.05, 0) is 13.0 Å². The SMILES string of the molecule is COc1cccc2c1C(=O)c1c(O)c3c(c(O)c1C2=O)C[C@@](O)(C(=O)CO)C[C@@H]3OC1CC(NC2CC(=O)OC2=O)C(O)C(C)O1. The number of aromatic hydroxyl groups is 2. The molecule has 5 unspecified atom stereocenters. The zero-order valence-electron chi connectivity index (χ0n) is 24.6. The Balaban J connectivity index is 1.42. The summed E-state index contributed by atoms with van der Waals surface area (Å²) in [6, 6.07) is 2.39. The van der Waals surface area contributed by atoms with Crippen LogP contribution in [0.15, 0.2) is 18.2 Å². The van der Waals surface area contributed by atoms with Crippen molar-refractivity contribution in [2.75, 3.05) is 13.7 Å². The van der Waals surface area contributed by atoms with Crippen LogP contribution in [0.2, 0.25) is 0 Å². The number of aliphatic hydroxyl groups excluding tert-OH is 2. The number of esters is 2. The fourth-order valence-electron chi connectivity index (χ4n) is 6.74. The molecule has 2 fully saturated rings. The highest BCUT2D eigenvalue weighted by molar-refractivity contribution is 6.31. The molecule has 15 heteroatoms. The zero-order valence-corrected chi connectivity index (χ0v) is 24.6. The lowest BCUT2D eigenvalue weighted by atomic mass is 9.72. The molecule has 0 radical (unpaired) electrons. The van der Waals surface area contributed by atoms with Crippen molar-refractivity contribution in [3.05, 3.63) is 51.6 Å². The van der Waals surface area contributed by atoms with Gasteiger partial charge in [0.05, 0.1) is 48.5 Å². The van der Waals surface area contributed by atoms with Gasteiger partial charge in [-0.3, -0.25) is 24.5 Å².